The molecule has 0 unspecified atom stereocenters. The number of fused-ring (bicyclic) bond motifs is 1. The van der Waals surface area contributed by atoms with Crippen molar-refractivity contribution < 1.29 is 0 Å². The number of thioether (sulfide) groups is 1. The maximum Gasteiger partial charge on any atom is 0.169 e. The molecule has 18 heavy (non-hydrogen) atoms. The number of nitrogens with one attached hydrogen (secondary N) is 1. The van der Waals surface area contributed by atoms with E-state index < -0.39 is 0 Å². The standard InChI is InChI=1S/C13H16N4S/c1-18-13(6-7-13)8-15-12-11(14)16-9-4-2-3-5-10(9)17-12/h2-5H,6-8H2,1H3,(H2,14,16)(H,15,17). The topological polar surface area (TPSA) is 63.8 Å². The van der Waals surface area contributed by atoms with Gasteiger partial charge < -0.3 is 11.1 Å². The van der Waals surface area contributed by atoms with Crippen molar-refractivity contribution in [3.05, 3.63) is 24.3 Å². The molecule has 94 valence electrons. The molecule has 0 spiro atoms. The van der Waals surface area contributed by atoms with Gasteiger partial charge in [0.25, 0.3) is 0 Å². The number of nitrogens with zero attached hydrogens (tertiary/aromatic N) is 2. The summed E-state index contributed by atoms with van der Waals surface area (Å²) >= 11 is 1.92. The van der Waals surface area contributed by atoms with Crippen molar-refractivity contribution in [2.75, 3.05) is 23.9 Å². The highest BCUT2D eigenvalue weighted by molar-refractivity contribution is 8.00. The minimum Gasteiger partial charge on any atom is -0.381 e. The Labute approximate surface area is 110 Å². The van der Waals surface area contributed by atoms with E-state index in [0.29, 0.717) is 16.4 Å². The fourth-order valence-electron chi connectivity index (χ4n) is 1.98. The summed E-state index contributed by atoms with van der Waals surface area (Å²) in [5, 5.41) is 3.34. The van der Waals surface area contributed by atoms with Gasteiger partial charge in [-0.25, -0.2) is 9.97 Å². The maximum atomic E-state index is 5.93. The average molecular weight is 260 g/mol. The Bertz CT molecular complexity index is 580. The highest BCUT2D eigenvalue weighted by Gasteiger charge is 2.41. The number of benzene rings is 1. The second kappa shape index (κ2) is 4.31. The highest BCUT2D eigenvalue weighted by Crippen LogP contribution is 2.47. The van der Waals surface area contributed by atoms with Gasteiger partial charge >= 0.3 is 0 Å². The van der Waals surface area contributed by atoms with Gasteiger partial charge in [0.15, 0.2) is 11.6 Å². The predicted molar refractivity (Wildman–Crippen MR) is 77.9 cm³/mol. The monoisotopic (exact) mass is 260 g/mol. The Morgan fingerprint density at radius 1 is 1.28 bits per heavy atom. The lowest BCUT2D eigenvalue weighted by molar-refractivity contribution is 0.941. The molecular formula is C13H16N4S. The third-order valence-electron chi connectivity index (χ3n) is 3.42. The van der Waals surface area contributed by atoms with Gasteiger partial charge in [-0.3, -0.25) is 0 Å². The molecule has 3 rings (SSSR count). The Morgan fingerprint density at radius 3 is 2.56 bits per heavy atom. The summed E-state index contributed by atoms with van der Waals surface area (Å²) in [5.41, 5.74) is 7.65. The van der Waals surface area contributed by atoms with Gasteiger partial charge in [-0.05, 0) is 31.2 Å². The van der Waals surface area contributed by atoms with E-state index in [1.165, 1.54) is 12.8 Å². The number of nitrogens with two attached hydrogens (primary N) is 1. The minimum absolute atomic E-state index is 0.389. The van der Waals surface area contributed by atoms with Crippen molar-refractivity contribution in [1.29, 1.82) is 0 Å². The van der Waals surface area contributed by atoms with E-state index >= 15 is 0 Å². The zero-order chi connectivity index (χ0) is 12.6. The fraction of sp³-hybridized carbons (Fsp3) is 0.385. The number of rotatable bonds is 4. The Balaban J connectivity index is 1.85. The average Bonchev–Trinajstić information content (AvgIpc) is 3.17. The number of anilines is 2. The zero-order valence-corrected chi connectivity index (χ0v) is 11.1. The Morgan fingerprint density at radius 2 is 1.94 bits per heavy atom. The summed E-state index contributed by atoms with van der Waals surface area (Å²) < 4.78 is 0.389. The van der Waals surface area contributed by atoms with Crippen LogP contribution >= 0.6 is 11.8 Å². The van der Waals surface area contributed by atoms with E-state index in [1.54, 1.807) is 0 Å². The summed E-state index contributed by atoms with van der Waals surface area (Å²) in [4.78, 5) is 8.90. The zero-order valence-electron chi connectivity index (χ0n) is 10.3. The van der Waals surface area contributed by atoms with E-state index in [0.717, 1.165) is 17.6 Å². The van der Waals surface area contributed by atoms with Crippen LogP contribution < -0.4 is 11.1 Å². The van der Waals surface area contributed by atoms with Crippen LogP contribution in [0.3, 0.4) is 0 Å². The van der Waals surface area contributed by atoms with Crippen LogP contribution in [0.25, 0.3) is 11.0 Å². The maximum absolute atomic E-state index is 5.93. The molecule has 1 heterocycles. The summed E-state index contributed by atoms with van der Waals surface area (Å²) in [5.74, 6) is 1.18. The summed E-state index contributed by atoms with van der Waals surface area (Å²) in [6, 6.07) is 7.78. The van der Waals surface area contributed by atoms with Gasteiger partial charge in [0, 0.05) is 11.3 Å². The summed E-state index contributed by atoms with van der Waals surface area (Å²) in [6.45, 7) is 0.908. The quantitative estimate of drug-likeness (QED) is 0.884. The molecule has 1 aromatic heterocycles. The normalized spacial score (nSPS) is 16.7. The molecule has 1 saturated carbocycles. The van der Waals surface area contributed by atoms with Gasteiger partial charge in [-0.1, -0.05) is 12.1 Å². The molecule has 0 aliphatic heterocycles. The van der Waals surface area contributed by atoms with Crippen molar-refractivity contribution in [3.63, 3.8) is 0 Å². The molecule has 0 bridgehead atoms. The van der Waals surface area contributed by atoms with Crippen LogP contribution in [0.15, 0.2) is 24.3 Å². The number of hydrogen-bond donors (Lipinski definition) is 2. The van der Waals surface area contributed by atoms with Crippen LogP contribution in [0.1, 0.15) is 12.8 Å². The molecule has 3 N–H and O–H groups in total. The summed E-state index contributed by atoms with van der Waals surface area (Å²) in [7, 11) is 0. The van der Waals surface area contributed by atoms with Gasteiger partial charge in [-0.2, -0.15) is 11.8 Å². The van der Waals surface area contributed by atoms with Gasteiger partial charge in [0.2, 0.25) is 0 Å². The molecule has 0 amide bonds. The smallest absolute Gasteiger partial charge is 0.169 e. The predicted octanol–water partition coefficient (Wildman–Crippen LogP) is 2.52. The number of nitrogen functional groups attached to an aromatic ring is 1. The van der Waals surface area contributed by atoms with Crippen LogP contribution in [0.4, 0.5) is 11.6 Å². The summed E-state index contributed by atoms with van der Waals surface area (Å²) in [6.07, 6.45) is 4.69. The van der Waals surface area contributed by atoms with Gasteiger partial charge in [0.05, 0.1) is 11.0 Å². The number of aromatic nitrogens is 2. The Hall–Kier alpha value is -1.49. The minimum atomic E-state index is 0.389. The van der Waals surface area contributed by atoms with E-state index in [9.17, 15) is 0 Å². The molecule has 5 heteroatoms. The molecule has 2 aromatic rings. The third-order valence-corrected chi connectivity index (χ3v) is 4.83. The second-order valence-electron chi connectivity index (χ2n) is 4.69. The molecule has 1 aliphatic carbocycles. The van der Waals surface area contributed by atoms with Gasteiger partial charge in [0.1, 0.15) is 0 Å². The SMILES string of the molecule is CSC1(CNc2nc3ccccc3nc2N)CC1. The molecule has 1 aromatic carbocycles. The fourth-order valence-corrected chi connectivity index (χ4v) is 2.71. The third kappa shape index (κ3) is 2.10. The number of para-hydroxylation sites is 2. The van der Waals surface area contributed by atoms with E-state index in [4.69, 9.17) is 5.73 Å². The van der Waals surface area contributed by atoms with Crippen molar-refractivity contribution in [3.8, 4) is 0 Å². The second-order valence-corrected chi connectivity index (χ2v) is 5.96. The lowest BCUT2D eigenvalue weighted by atomic mass is 10.3. The number of hydrogen-bond acceptors (Lipinski definition) is 5. The lowest BCUT2D eigenvalue weighted by Crippen LogP contribution is -2.19. The van der Waals surface area contributed by atoms with E-state index in [2.05, 4.69) is 21.5 Å². The van der Waals surface area contributed by atoms with Crippen LogP contribution in [0, 0.1) is 0 Å². The molecular weight excluding hydrogens is 244 g/mol. The van der Waals surface area contributed by atoms with Crippen molar-refractivity contribution >= 4 is 34.4 Å². The van der Waals surface area contributed by atoms with E-state index in [1.807, 2.05) is 36.0 Å². The largest absolute Gasteiger partial charge is 0.381 e. The van der Waals surface area contributed by atoms with E-state index in [-0.39, 0.29) is 0 Å². The van der Waals surface area contributed by atoms with Gasteiger partial charge in [-0.15, -0.1) is 0 Å². The van der Waals surface area contributed by atoms with Crippen LogP contribution in [0.5, 0.6) is 0 Å². The molecule has 0 saturated heterocycles. The van der Waals surface area contributed by atoms with Crippen molar-refractivity contribution in [2.24, 2.45) is 0 Å². The van der Waals surface area contributed by atoms with Crippen LogP contribution in [-0.4, -0.2) is 27.5 Å². The first kappa shape index (κ1) is 11.6. The molecule has 1 aliphatic rings. The Kier molecular flexibility index (Phi) is 2.78. The first-order valence-corrected chi connectivity index (χ1v) is 7.26. The van der Waals surface area contributed by atoms with Crippen molar-refractivity contribution in [2.45, 2.75) is 17.6 Å². The molecule has 0 radical (unpaired) electrons. The van der Waals surface area contributed by atoms with Crippen molar-refractivity contribution in [1.82, 2.24) is 9.97 Å². The molecule has 4 nitrogen and oxygen atoms in total. The molecule has 0 atom stereocenters. The van der Waals surface area contributed by atoms with Crippen LogP contribution in [0.2, 0.25) is 0 Å². The highest BCUT2D eigenvalue weighted by atomic mass is 32.2. The lowest BCUT2D eigenvalue weighted by Gasteiger charge is -2.14. The first-order valence-electron chi connectivity index (χ1n) is 6.04. The molecule has 1 fully saturated rings. The van der Waals surface area contributed by atoms with Crippen LogP contribution in [-0.2, 0) is 0 Å². The first-order chi connectivity index (χ1) is 8.72.